The third-order valence-electron chi connectivity index (χ3n) is 4.88. The molecular formula is C18H29Cl3N6O2. The van der Waals surface area contributed by atoms with E-state index in [1.54, 1.807) is 21.5 Å². The van der Waals surface area contributed by atoms with Crippen molar-refractivity contribution < 1.29 is 0 Å². The number of nitrogens with zero attached hydrogens (tertiary/aromatic N) is 4. The molecule has 2 fully saturated rings. The monoisotopic (exact) mass is 466 g/mol. The molecule has 2 N–H and O–H groups in total. The summed E-state index contributed by atoms with van der Waals surface area (Å²) in [6.07, 6.45) is 10.8. The molecule has 8 nitrogen and oxygen atoms in total. The van der Waals surface area contributed by atoms with Crippen molar-refractivity contribution in [2.24, 2.45) is 0 Å². The maximum atomic E-state index is 11.3. The van der Waals surface area contributed by atoms with Gasteiger partial charge in [-0.05, 0) is 64.0 Å². The quantitative estimate of drug-likeness (QED) is 0.697. The third kappa shape index (κ3) is 8.06. The smallest absolute Gasteiger partial charge is 0.317 e. The molecule has 0 aromatic carbocycles. The van der Waals surface area contributed by atoms with Gasteiger partial charge in [-0.3, -0.25) is 9.13 Å². The minimum Gasteiger partial charge on any atom is -0.317 e. The van der Waals surface area contributed by atoms with E-state index in [-0.39, 0.29) is 48.6 Å². The number of rotatable bonds is 2. The summed E-state index contributed by atoms with van der Waals surface area (Å²) < 4.78 is 3.47. The van der Waals surface area contributed by atoms with Gasteiger partial charge in [0.25, 0.3) is 0 Å². The zero-order valence-corrected chi connectivity index (χ0v) is 18.6. The van der Waals surface area contributed by atoms with Crippen LogP contribution in [0.2, 0.25) is 0 Å². The molecule has 2 saturated heterocycles. The number of nitrogens with one attached hydrogen (secondary N) is 2. The lowest BCUT2D eigenvalue weighted by molar-refractivity contribution is 0.357. The molecule has 0 unspecified atom stereocenters. The Balaban J connectivity index is 0.000000490. The Kier molecular flexibility index (Phi) is 13.8. The highest BCUT2D eigenvalue weighted by molar-refractivity contribution is 5.86. The van der Waals surface area contributed by atoms with E-state index in [1.165, 1.54) is 0 Å². The van der Waals surface area contributed by atoms with Crippen LogP contribution in [0, 0.1) is 0 Å². The summed E-state index contributed by atoms with van der Waals surface area (Å²) in [6, 6.07) is 4.29. The van der Waals surface area contributed by atoms with E-state index in [0.717, 1.165) is 51.9 Å². The zero-order valence-electron chi connectivity index (χ0n) is 16.1. The summed E-state index contributed by atoms with van der Waals surface area (Å²) in [4.78, 5) is 30.2. The summed E-state index contributed by atoms with van der Waals surface area (Å²) in [5.74, 6) is 0. The van der Waals surface area contributed by atoms with E-state index in [9.17, 15) is 9.59 Å². The lowest BCUT2D eigenvalue weighted by Crippen LogP contribution is -2.34. The summed E-state index contributed by atoms with van der Waals surface area (Å²) in [6.45, 7) is 3.97. The van der Waals surface area contributed by atoms with E-state index >= 15 is 0 Å². The summed E-state index contributed by atoms with van der Waals surface area (Å²) in [5, 5.41) is 6.54. The predicted molar refractivity (Wildman–Crippen MR) is 121 cm³/mol. The van der Waals surface area contributed by atoms with Crippen LogP contribution in [0.5, 0.6) is 0 Å². The van der Waals surface area contributed by atoms with Crippen LogP contribution in [0.4, 0.5) is 0 Å². The highest BCUT2D eigenvalue weighted by Crippen LogP contribution is 2.15. The van der Waals surface area contributed by atoms with Crippen LogP contribution < -0.4 is 22.0 Å². The van der Waals surface area contributed by atoms with Crippen molar-refractivity contribution in [2.45, 2.75) is 37.8 Å². The number of aromatic nitrogens is 4. The number of hydrogen-bond donors (Lipinski definition) is 2. The fraction of sp³-hybridized carbons (Fsp3) is 0.556. The molecule has 0 bridgehead atoms. The van der Waals surface area contributed by atoms with E-state index in [1.807, 2.05) is 24.5 Å². The Hall–Kier alpha value is -1.45. The zero-order chi connectivity index (χ0) is 18.2. The van der Waals surface area contributed by atoms with Gasteiger partial charge in [0.05, 0.1) is 0 Å². The third-order valence-corrected chi connectivity index (χ3v) is 4.88. The van der Waals surface area contributed by atoms with Gasteiger partial charge in [-0.2, -0.15) is 0 Å². The van der Waals surface area contributed by atoms with Crippen LogP contribution >= 0.6 is 37.2 Å². The lowest BCUT2D eigenvalue weighted by Gasteiger charge is -2.23. The fourth-order valence-corrected chi connectivity index (χ4v) is 3.46. The molecule has 29 heavy (non-hydrogen) atoms. The molecule has 0 aliphatic carbocycles. The first-order valence-electron chi connectivity index (χ1n) is 9.23. The molecule has 2 aliphatic heterocycles. The van der Waals surface area contributed by atoms with Gasteiger partial charge in [0, 0.05) is 36.9 Å². The van der Waals surface area contributed by atoms with Gasteiger partial charge in [0.2, 0.25) is 0 Å². The number of halogens is 3. The lowest BCUT2D eigenvalue weighted by atomic mass is 10.1. The Morgan fingerprint density at radius 3 is 1.34 bits per heavy atom. The first-order chi connectivity index (χ1) is 12.8. The van der Waals surface area contributed by atoms with Crippen LogP contribution in [-0.2, 0) is 0 Å². The largest absolute Gasteiger partial charge is 0.347 e. The second-order valence-corrected chi connectivity index (χ2v) is 6.58. The van der Waals surface area contributed by atoms with Crippen molar-refractivity contribution >= 4 is 37.2 Å². The molecule has 0 radical (unpaired) electrons. The minimum absolute atomic E-state index is 0. The maximum absolute atomic E-state index is 11.3. The summed E-state index contributed by atoms with van der Waals surface area (Å²) in [7, 11) is 0. The molecule has 0 spiro atoms. The Morgan fingerprint density at radius 1 is 0.690 bits per heavy atom. The van der Waals surface area contributed by atoms with Crippen LogP contribution in [0.1, 0.15) is 37.8 Å². The first kappa shape index (κ1) is 27.5. The Morgan fingerprint density at radius 2 is 1.03 bits per heavy atom. The van der Waals surface area contributed by atoms with Crippen LogP contribution in [-0.4, -0.2) is 45.3 Å². The first-order valence-corrected chi connectivity index (χ1v) is 9.23. The minimum atomic E-state index is -0.130. The second kappa shape index (κ2) is 14.5. The fourth-order valence-electron chi connectivity index (χ4n) is 3.46. The van der Waals surface area contributed by atoms with Crippen LogP contribution in [0.25, 0.3) is 0 Å². The molecule has 2 aromatic rings. The van der Waals surface area contributed by atoms with Gasteiger partial charge in [0.1, 0.15) is 0 Å². The highest BCUT2D eigenvalue weighted by Gasteiger charge is 2.16. The normalized spacial score (nSPS) is 16.8. The van der Waals surface area contributed by atoms with Crippen molar-refractivity contribution in [2.75, 3.05) is 26.2 Å². The molecule has 2 aliphatic rings. The van der Waals surface area contributed by atoms with E-state index in [0.29, 0.717) is 12.1 Å². The van der Waals surface area contributed by atoms with E-state index in [2.05, 4.69) is 20.6 Å². The number of piperidine rings is 2. The SMILES string of the molecule is Cl.Cl.Cl.O=c1ncccn1C1CCNCC1.O=c1ncccn1C1CCNCC1. The summed E-state index contributed by atoms with van der Waals surface area (Å²) in [5.41, 5.74) is -0.260. The average molecular weight is 468 g/mol. The highest BCUT2D eigenvalue weighted by atomic mass is 35.5. The van der Waals surface area contributed by atoms with Gasteiger partial charge in [-0.1, -0.05) is 0 Å². The number of hydrogen-bond acceptors (Lipinski definition) is 6. The van der Waals surface area contributed by atoms with Crippen LogP contribution in [0.3, 0.4) is 0 Å². The standard InChI is InChI=1S/2C9H13N3O.3ClH/c2*13-9-11-4-1-7-12(9)8-2-5-10-6-3-8;;;/h2*1,4,7-8,10H,2-3,5-6H2;3*1H. The van der Waals surface area contributed by atoms with E-state index in [4.69, 9.17) is 0 Å². The molecule has 11 heteroatoms. The van der Waals surface area contributed by atoms with Crippen molar-refractivity contribution in [1.82, 2.24) is 29.7 Å². The van der Waals surface area contributed by atoms with Gasteiger partial charge in [-0.25, -0.2) is 19.6 Å². The van der Waals surface area contributed by atoms with Gasteiger partial charge >= 0.3 is 11.4 Å². The van der Waals surface area contributed by atoms with Crippen molar-refractivity contribution in [3.63, 3.8) is 0 Å². The molecule has 4 rings (SSSR count). The van der Waals surface area contributed by atoms with Gasteiger partial charge in [-0.15, -0.1) is 37.2 Å². The second-order valence-electron chi connectivity index (χ2n) is 6.58. The molecule has 0 amide bonds. The van der Waals surface area contributed by atoms with Gasteiger partial charge < -0.3 is 10.6 Å². The van der Waals surface area contributed by atoms with Gasteiger partial charge in [0.15, 0.2) is 0 Å². The molecule has 0 atom stereocenters. The maximum Gasteiger partial charge on any atom is 0.347 e. The molecular weight excluding hydrogens is 439 g/mol. The molecule has 2 aromatic heterocycles. The average Bonchev–Trinajstić information content (AvgIpc) is 2.71. The van der Waals surface area contributed by atoms with Crippen molar-refractivity contribution in [1.29, 1.82) is 0 Å². The summed E-state index contributed by atoms with van der Waals surface area (Å²) >= 11 is 0. The van der Waals surface area contributed by atoms with E-state index < -0.39 is 0 Å². The predicted octanol–water partition coefficient (Wildman–Crippen LogP) is 1.60. The van der Waals surface area contributed by atoms with Crippen molar-refractivity contribution in [3.8, 4) is 0 Å². The molecule has 4 heterocycles. The van der Waals surface area contributed by atoms with Crippen LogP contribution in [0.15, 0.2) is 46.5 Å². The molecule has 164 valence electrons. The Labute approximate surface area is 188 Å². The Bertz CT molecular complexity index is 737. The topological polar surface area (TPSA) is 93.8 Å². The van der Waals surface area contributed by atoms with Crippen molar-refractivity contribution in [3.05, 3.63) is 57.9 Å². The molecule has 0 saturated carbocycles.